The highest BCUT2D eigenvalue weighted by atomic mass is 31.2. The van der Waals surface area contributed by atoms with Crippen molar-refractivity contribution in [1.29, 1.82) is 0 Å². The third-order valence-electron chi connectivity index (χ3n) is 2.75. The van der Waals surface area contributed by atoms with E-state index < -0.39 is 13.8 Å². The van der Waals surface area contributed by atoms with E-state index in [1.165, 1.54) is 6.08 Å². The Bertz CT molecular complexity index is 364. The highest BCUT2D eigenvalue weighted by molar-refractivity contribution is 7.52. The molecule has 20 heavy (non-hydrogen) atoms. The lowest BCUT2D eigenvalue weighted by Crippen LogP contribution is -2.21. The Morgan fingerprint density at radius 2 is 1.60 bits per heavy atom. The van der Waals surface area contributed by atoms with Crippen LogP contribution in [0.4, 0.5) is 0 Å². The normalized spacial score (nSPS) is 11.1. The average Bonchev–Trinajstić information content (AvgIpc) is 2.34. The quantitative estimate of drug-likeness (QED) is 0.289. The molecule has 0 aromatic rings. The van der Waals surface area contributed by atoms with Gasteiger partial charge in [0.05, 0.1) is 0 Å². The zero-order valence-electron chi connectivity index (χ0n) is 11.7. The summed E-state index contributed by atoms with van der Waals surface area (Å²) in [6, 6.07) is 0. The fraction of sp³-hybridized carbons (Fsp3) is 0.692. The van der Waals surface area contributed by atoms with Gasteiger partial charge in [0.15, 0.2) is 0 Å². The Balaban J connectivity index is 3.33. The van der Waals surface area contributed by atoms with Crippen LogP contribution < -0.4 is 5.32 Å². The van der Waals surface area contributed by atoms with Crippen LogP contribution in [0.1, 0.15) is 44.9 Å². The summed E-state index contributed by atoms with van der Waals surface area (Å²) in [5.41, 5.74) is 0. The van der Waals surface area contributed by atoms with Crippen LogP contribution in [0.5, 0.6) is 0 Å². The minimum Gasteiger partial charge on any atom is -0.353 e. The predicted octanol–water partition coefficient (Wildman–Crippen LogP) is 1.77. The summed E-state index contributed by atoms with van der Waals surface area (Å²) >= 11 is 0. The van der Waals surface area contributed by atoms with Gasteiger partial charge in [0.25, 0.3) is 0 Å². The van der Waals surface area contributed by atoms with Crippen molar-refractivity contribution in [2.24, 2.45) is 0 Å². The van der Waals surface area contributed by atoms with Gasteiger partial charge in [-0.05, 0) is 18.9 Å². The Kier molecular flexibility index (Phi) is 10.3. The maximum atomic E-state index is 11.2. The number of nitrogens with one attached hydrogen (secondary N) is 1. The third-order valence-corrected chi connectivity index (χ3v) is 3.51. The molecule has 0 aliphatic carbocycles. The Morgan fingerprint density at radius 3 is 2.15 bits per heavy atom. The zero-order chi connectivity index (χ0) is 15.4. The Morgan fingerprint density at radius 1 is 1.05 bits per heavy atom. The molecule has 0 aromatic carbocycles. The summed E-state index contributed by atoms with van der Waals surface area (Å²) in [6.45, 7) is 4.00. The second-order valence-corrected chi connectivity index (χ2v) is 6.37. The first kappa shape index (κ1) is 19.0. The molecule has 0 rings (SSSR count). The molecule has 0 aliphatic heterocycles. The third kappa shape index (κ3) is 13.5. The Hall–Kier alpha value is -0.970. The lowest BCUT2D eigenvalue weighted by Gasteiger charge is -2.04. The van der Waals surface area contributed by atoms with Crippen LogP contribution in [0.15, 0.2) is 12.7 Å². The average molecular weight is 305 g/mol. The minimum atomic E-state index is -4.20. The SMILES string of the molecule is C=CC(=O)NCCCCCCCCC(=O)CP(=O)(O)O. The topological polar surface area (TPSA) is 104 Å². The van der Waals surface area contributed by atoms with Gasteiger partial charge in [-0.2, -0.15) is 0 Å². The number of carbonyl (C=O) groups is 2. The van der Waals surface area contributed by atoms with Crippen molar-refractivity contribution in [3.05, 3.63) is 12.7 Å². The van der Waals surface area contributed by atoms with E-state index in [1.807, 2.05) is 0 Å². The number of amides is 1. The maximum absolute atomic E-state index is 11.2. The standard InChI is InChI=1S/C13H24NO5P/c1-2-13(16)14-10-8-6-4-3-5-7-9-12(15)11-20(17,18)19/h2H,1,3-11H2,(H,14,16)(H2,17,18,19). The first-order valence-electron chi connectivity index (χ1n) is 6.81. The van der Waals surface area contributed by atoms with E-state index in [9.17, 15) is 14.2 Å². The molecule has 0 atom stereocenters. The van der Waals surface area contributed by atoms with Crippen LogP contribution in [0.25, 0.3) is 0 Å². The lowest BCUT2D eigenvalue weighted by molar-refractivity contribution is -0.117. The first-order valence-corrected chi connectivity index (χ1v) is 8.61. The van der Waals surface area contributed by atoms with Crippen molar-refractivity contribution in [3.63, 3.8) is 0 Å². The van der Waals surface area contributed by atoms with E-state index in [2.05, 4.69) is 11.9 Å². The minimum absolute atomic E-state index is 0.159. The van der Waals surface area contributed by atoms with Crippen LogP contribution in [0.3, 0.4) is 0 Å². The summed E-state index contributed by atoms with van der Waals surface area (Å²) in [7, 11) is -4.20. The van der Waals surface area contributed by atoms with Crippen molar-refractivity contribution < 1.29 is 23.9 Å². The Labute approximate surface area is 119 Å². The molecule has 6 nitrogen and oxygen atoms in total. The van der Waals surface area contributed by atoms with Crippen molar-refractivity contribution in [3.8, 4) is 0 Å². The number of rotatable bonds is 12. The highest BCUT2D eigenvalue weighted by Gasteiger charge is 2.18. The summed E-state index contributed by atoms with van der Waals surface area (Å²) in [5.74, 6) is -0.529. The summed E-state index contributed by atoms with van der Waals surface area (Å²) < 4.78 is 10.6. The molecule has 0 heterocycles. The van der Waals surface area contributed by atoms with E-state index in [4.69, 9.17) is 9.79 Å². The molecule has 3 N–H and O–H groups in total. The zero-order valence-corrected chi connectivity index (χ0v) is 12.6. The maximum Gasteiger partial charge on any atom is 0.332 e. The highest BCUT2D eigenvalue weighted by Crippen LogP contribution is 2.34. The predicted molar refractivity (Wildman–Crippen MR) is 77.4 cm³/mol. The molecule has 116 valence electrons. The van der Waals surface area contributed by atoms with E-state index >= 15 is 0 Å². The summed E-state index contributed by atoms with van der Waals surface area (Å²) in [4.78, 5) is 39.3. The van der Waals surface area contributed by atoms with E-state index in [0.717, 1.165) is 32.1 Å². The van der Waals surface area contributed by atoms with Crippen molar-refractivity contribution in [2.75, 3.05) is 12.7 Å². The molecule has 0 aromatic heterocycles. The summed E-state index contributed by atoms with van der Waals surface area (Å²) in [5, 5.41) is 2.70. The van der Waals surface area contributed by atoms with Crippen LogP contribution in [-0.4, -0.2) is 34.2 Å². The fourth-order valence-corrected chi connectivity index (χ4v) is 2.36. The van der Waals surface area contributed by atoms with Crippen molar-refractivity contribution in [2.45, 2.75) is 44.9 Å². The molecule has 0 bridgehead atoms. The van der Waals surface area contributed by atoms with Gasteiger partial charge in [-0.3, -0.25) is 14.2 Å². The number of carbonyl (C=O) groups excluding carboxylic acids is 2. The van der Waals surface area contributed by atoms with Crippen molar-refractivity contribution in [1.82, 2.24) is 5.32 Å². The molecule has 0 aliphatic rings. The molecular weight excluding hydrogens is 281 g/mol. The number of Topliss-reactive ketones (excluding diaryl/α,β-unsaturated/α-hetero) is 1. The molecule has 0 radical (unpaired) electrons. The number of hydrogen-bond donors (Lipinski definition) is 3. The molecule has 0 saturated heterocycles. The monoisotopic (exact) mass is 305 g/mol. The van der Waals surface area contributed by atoms with Gasteiger partial charge >= 0.3 is 7.60 Å². The number of unbranched alkanes of at least 4 members (excludes halogenated alkanes) is 5. The first-order chi connectivity index (χ1) is 9.35. The lowest BCUT2D eigenvalue weighted by atomic mass is 10.1. The largest absolute Gasteiger partial charge is 0.353 e. The van der Waals surface area contributed by atoms with Gasteiger partial charge < -0.3 is 15.1 Å². The summed E-state index contributed by atoms with van der Waals surface area (Å²) in [6.07, 6.45) is 6.32. The van der Waals surface area contributed by atoms with Crippen LogP contribution >= 0.6 is 7.60 Å². The molecule has 1 amide bonds. The van der Waals surface area contributed by atoms with Crippen molar-refractivity contribution >= 4 is 19.3 Å². The van der Waals surface area contributed by atoms with Crippen LogP contribution in [0.2, 0.25) is 0 Å². The number of hydrogen-bond acceptors (Lipinski definition) is 3. The van der Waals surface area contributed by atoms with Gasteiger partial charge in [-0.15, -0.1) is 0 Å². The van der Waals surface area contributed by atoms with Gasteiger partial charge in [0.1, 0.15) is 11.9 Å². The van der Waals surface area contributed by atoms with Crippen LogP contribution in [-0.2, 0) is 14.2 Å². The second kappa shape index (κ2) is 10.8. The molecule has 7 heteroatoms. The van der Waals surface area contributed by atoms with Gasteiger partial charge in [0, 0.05) is 13.0 Å². The fourth-order valence-electron chi connectivity index (χ4n) is 1.75. The molecule has 0 spiro atoms. The van der Waals surface area contributed by atoms with E-state index in [-0.39, 0.29) is 18.1 Å². The smallest absolute Gasteiger partial charge is 0.332 e. The van der Waals surface area contributed by atoms with Crippen LogP contribution in [0, 0.1) is 0 Å². The van der Waals surface area contributed by atoms with E-state index in [1.54, 1.807) is 0 Å². The van der Waals surface area contributed by atoms with Gasteiger partial charge in [0.2, 0.25) is 5.91 Å². The second-order valence-electron chi connectivity index (χ2n) is 4.73. The number of ketones is 1. The molecule has 0 unspecified atom stereocenters. The van der Waals surface area contributed by atoms with Gasteiger partial charge in [-0.25, -0.2) is 0 Å². The van der Waals surface area contributed by atoms with Gasteiger partial charge in [-0.1, -0.05) is 32.3 Å². The van der Waals surface area contributed by atoms with E-state index in [0.29, 0.717) is 13.0 Å². The molecule has 0 saturated carbocycles. The molecule has 0 fully saturated rings. The molecular formula is C13H24NO5P.